The minimum absolute atomic E-state index is 0.223. The van der Waals surface area contributed by atoms with Gasteiger partial charge in [-0.05, 0) is 5.19 Å². The van der Waals surface area contributed by atoms with Crippen LogP contribution >= 0.6 is 0 Å². The summed E-state index contributed by atoms with van der Waals surface area (Å²) in [7, 11) is -2.05. The summed E-state index contributed by atoms with van der Waals surface area (Å²) in [6.45, 7) is 5.49. The van der Waals surface area contributed by atoms with E-state index in [0.29, 0.717) is 0 Å². The highest BCUT2D eigenvalue weighted by Gasteiger charge is 2.28. The number of rotatable bonds is 2. The zero-order chi connectivity index (χ0) is 11.8. The average Bonchev–Trinajstić information content (AvgIpc) is 2.00. The van der Waals surface area contributed by atoms with Gasteiger partial charge in [0.25, 0.3) is 0 Å². The summed E-state index contributed by atoms with van der Waals surface area (Å²) in [6, 6.07) is 0. The monoisotopic (exact) mass is 231 g/mol. The number of nitrogens with zero attached hydrogens (tertiary/aromatic N) is 1. The van der Waals surface area contributed by atoms with Gasteiger partial charge in [-0.2, -0.15) is 4.39 Å². The van der Waals surface area contributed by atoms with Crippen LogP contribution < -0.4 is 5.19 Å². The van der Waals surface area contributed by atoms with Gasteiger partial charge in [0, 0.05) is 6.20 Å². The highest BCUT2D eigenvalue weighted by atomic mass is 28.3. The molecule has 82 valence electrons. The number of halogens is 2. The third-order valence-corrected chi connectivity index (χ3v) is 3.96. The fourth-order valence-electron chi connectivity index (χ4n) is 1.17. The minimum Gasteiger partial charge on any atom is -0.477 e. The number of carbonyl (C=O) groups is 1. The van der Waals surface area contributed by atoms with Crippen LogP contribution in [0.15, 0.2) is 6.20 Å². The van der Waals surface area contributed by atoms with Gasteiger partial charge in [0.15, 0.2) is 0 Å². The SMILES string of the molecule is C[Si](C)(C)c1cnc(F)c(C(=O)O)c1F. The summed E-state index contributed by atoms with van der Waals surface area (Å²) in [4.78, 5) is 13.9. The zero-order valence-electron chi connectivity index (χ0n) is 8.64. The molecule has 0 fully saturated rings. The van der Waals surface area contributed by atoms with Crippen molar-refractivity contribution in [2.75, 3.05) is 0 Å². The maximum Gasteiger partial charge on any atom is 0.343 e. The van der Waals surface area contributed by atoms with Crippen LogP contribution in [-0.4, -0.2) is 24.1 Å². The third kappa shape index (κ3) is 2.20. The molecule has 0 bridgehead atoms. The van der Waals surface area contributed by atoms with Crippen molar-refractivity contribution in [2.24, 2.45) is 0 Å². The molecule has 0 saturated heterocycles. The summed E-state index contributed by atoms with van der Waals surface area (Å²) < 4.78 is 26.6. The van der Waals surface area contributed by atoms with E-state index in [2.05, 4.69) is 4.98 Å². The first kappa shape index (κ1) is 11.8. The molecule has 1 aromatic heterocycles. The van der Waals surface area contributed by atoms with Gasteiger partial charge in [-0.15, -0.1) is 0 Å². The Kier molecular flexibility index (Phi) is 2.90. The molecule has 1 heterocycles. The first-order valence-electron chi connectivity index (χ1n) is 4.33. The summed E-state index contributed by atoms with van der Waals surface area (Å²) in [5.74, 6) is -3.89. The predicted molar refractivity (Wildman–Crippen MR) is 54.1 cm³/mol. The fraction of sp³-hybridized carbons (Fsp3) is 0.333. The smallest absolute Gasteiger partial charge is 0.343 e. The Morgan fingerprint density at radius 2 is 1.93 bits per heavy atom. The van der Waals surface area contributed by atoms with Crippen molar-refractivity contribution in [3.8, 4) is 0 Å². The Morgan fingerprint density at radius 3 is 2.33 bits per heavy atom. The van der Waals surface area contributed by atoms with Crippen LogP contribution in [0.3, 0.4) is 0 Å². The van der Waals surface area contributed by atoms with Gasteiger partial charge in [0.05, 0.1) is 8.07 Å². The molecule has 0 amide bonds. The maximum absolute atomic E-state index is 13.7. The van der Waals surface area contributed by atoms with Crippen LogP contribution in [0.25, 0.3) is 0 Å². The van der Waals surface area contributed by atoms with Crippen molar-refractivity contribution in [3.05, 3.63) is 23.5 Å². The van der Waals surface area contributed by atoms with E-state index in [1.807, 2.05) is 19.6 Å². The molecular formula is C9H11F2NO2Si. The second kappa shape index (κ2) is 3.69. The van der Waals surface area contributed by atoms with Gasteiger partial charge in [-0.3, -0.25) is 0 Å². The van der Waals surface area contributed by atoms with E-state index in [1.165, 1.54) is 0 Å². The molecule has 1 N–H and O–H groups in total. The standard InChI is InChI=1S/C9H11F2NO2Si/c1-15(2,3)5-4-12-8(11)6(7(5)10)9(13)14/h4H,1-3H3,(H,13,14). The number of aromatic carboxylic acids is 1. The molecule has 1 rings (SSSR count). The second-order valence-corrected chi connectivity index (χ2v) is 9.25. The topological polar surface area (TPSA) is 50.2 Å². The van der Waals surface area contributed by atoms with Crippen molar-refractivity contribution < 1.29 is 18.7 Å². The van der Waals surface area contributed by atoms with Gasteiger partial charge in [0.2, 0.25) is 5.95 Å². The fourth-order valence-corrected chi connectivity index (χ4v) is 2.41. The summed E-state index contributed by atoms with van der Waals surface area (Å²) in [5.41, 5.74) is -0.963. The molecule has 0 aliphatic rings. The lowest BCUT2D eigenvalue weighted by atomic mass is 10.2. The largest absolute Gasteiger partial charge is 0.477 e. The molecule has 0 saturated carbocycles. The van der Waals surface area contributed by atoms with E-state index in [-0.39, 0.29) is 5.19 Å². The predicted octanol–water partition coefficient (Wildman–Crippen LogP) is 1.60. The quantitative estimate of drug-likeness (QED) is 0.621. The molecule has 6 heteroatoms. The van der Waals surface area contributed by atoms with Gasteiger partial charge >= 0.3 is 5.97 Å². The Bertz CT molecular complexity index is 415. The molecular weight excluding hydrogens is 220 g/mol. The number of pyridine rings is 1. The normalized spacial score (nSPS) is 11.5. The molecule has 0 unspecified atom stereocenters. The number of aromatic nitrogens is 1. The van der Waals surface area contributed by atoms with Crippen LogP contribution in [0, 0.1) is 11.8 Å². The van der Waals surface area contributed by atoms with E-state index in [4.69, 9.17) is 5.11 Å². The number of carboxylic acids is 1. The minimum atomic E-state index is -2.05. The van der Waals surface area contributed by atoms with Crippen LogP contribution in [0.5, 0.6) is 0 Å². The van der Waals surface area contributed by atoms with Crippen molar-refractivity contribution in [1.29, 1.82) is 0 Å². The van der Waals surface area contributed by atoms with Crippen LogP contribution in [0.1, 0.15) is 10.4 Å². The summed E-state index contributed by atoms with van der Waals surface area (Å²) in [6.07, 6.45) is 1.09. The third-order valence-electron chi connectivity index (χ3n) is 1.99. The molecule has 0 aromatic carbocycles. The Balaban J connectivity index is 3.49. The Hall–Kier alpha value is -1.30. The van der Waals surface area contributed by atoms with Crippen molar-refractivity contribution >= 4 is 19.2 Å². The van der Waals surface area contributed by atoms with Gasteiger partial charge in [-0.1, -0.05) is 19.6 Å². The molecule has 3 nitrogen and oxygen atoms in total. The van der Waals surface area contributed by atoms with E-state index < -0.39 is 31.4 Å². The lowest BCUT2D eigenvalue weighted by Crippen LogP contribution is -2.41. The molecule has 0 aliphatic carbocycles. The molecule has 0 radical (unpaired) electrons. The molecule has 0 atom stereocenters. The van der Waals surface area contributed by atoms with Gasteiger partial charge in [0.1, 0.15) is 11.4 Å². The van der Waals surface area contributed by atoms with E-state index in [1.54, 1.807) is 0 Å². The lowest BCUT2D eigenvalue weighted by Gasteiger charge is -2.17. The van der Waals surface area contributed by atoms with Gasteiger partial charge < -0.3 is 5.11 Å². The Labute approximate surface area is 86.8 Å². The highest BCUT2D eigenvalue weighted by Crippen LogP contribution is 2.12. The van der Waals surface area contributed by atoms with Crippen LogP contribution in [0.4, 0.5) is 8.78 Å². The zero-order valence-corrected chi connectivity index (χ0v) is 9.64. The number of hydrogen-bond acceptors (Lipinski definition) is 2. The van der Waals surface area contributed by atoms with E-state index >= 15 is 0 Å². The lowest BCUT2D eigenvalue weighted by molar-refractivity contribution is 0.0685. The van der Waals surface area contributed by atoms with Crippen molar-refractivity contribution in [2.45, 2.75) is 19.6 Å². The van der Waals surface area contributed by atoms with E-state index in [9.17, 15) is 13.6 Å². The van der Waals surface area contributed by atoms with Crippen molar-refractivity contribution in [3.63, 3.8) is 0 Å². The van der Waals surface area contributed by atoms with Crippen LogP contribution in [-0.2, 0) is 0 Å². The first-order valence-corrected chi connectivity index (χ1v) is 7.83. The number of hydrogen-bond donors (Lipinski definition) is 1. The summed E-state index contributed by atoms with van der Waals surface area (Å²) in [5, 5.41) is 8.86. The maximum atomic E-state index is 13.7. The number of carboxylic acid groups (broad SMARTS) is 1. The van der Waals surface area contributed by atoms with Gasteiger partial charge in [-0.25, -0.2) is 14.2 Å². The molecule has 15 heavy (non-hydrogen) atoms. The molecule has 1 aromatic rings. The summed E-state index contributed by atoms with van der Waals surface area (Å²) >= 11 is 0. The molecule has 0 spiro atoms. The average molecular weight is 231 g/mol. The van der Waals surface area contributed by atoms with Crippen LogP contribution in [0.2, 0.25) is 19.6 Å². The Morgan fingerprint density at radius 1 is 1.40 bits per heavy atom. The van der Waals surface area contributed by atoms with E-state index in [0.717, 1.165) is 6.20 Å². The van der Waals surface area contributed by atoms with Crippen molar-refractivity contribution in [1.82, 2.24) is 4.98 Å². The first-order chi connectivity index (χ1) is 6.75. The second-order valence-electron chi connectivity index (χ2n) is 4.21. The molecule has 0 aliphatic heterocycles. The highest BCUT2D eigenvalue weighted by molar-refractivity contribution is 6.88.